The van der Waals surface area contributed by atoms with Crippen molar-refractivity contribution in [3.05, 3.63) is 28.8 Å². The molecular weight excluding hydrogens is 292 g/mol. The van der Waals surface area contributed by atoms with Gasteiger partial charge in [0, 0.05) is 25.6 Å². The van der Waals surface area contributed by atoms with Crippen molar-refractivity contribution in [1.29, 1.82) is 0 Å². The molecule has 1 amide bonds. The first-order chi connectivity index (χ1) is 10.0. The number of benzene rings is 1. The molecule has 2 N–H and O–H groups in total. The van der Waals surface area contributed by atoms with Crippen LogP contribution in [0.4, 0.5) is 5.69 Å². The third-order valence-corrected chi connectivity index (χ3v) is 4.66. The highest BCUT2D eigenvalue weighted by atomic mass is 35.5. The Hall–Kier alpha value is -1.75. The Bertz CT molecular complexity index is 590. The first-order valence-electron chi connectivity index (χ1n) is 7.12. The number of hydrogen-bond acceptors (Lipinski definition) is 3. The molecule has 6 heteroatoms. The molecule has 3 rings (SSSR count). The van der Waals surface area contributed by atoms with Crippen molar-refractivity contribution >= 4 is 29.2 Å². The van der Waals surface area contributed by atoms with Gasteiger partial charge in [-0.15, -0.1) is 0 Å². The molecule has 1 aromatic carbocycles. The van der Waals surface area contributed by atoms with E-state index in [2.05, 4.69) is 10.2 Å². The van der Waals surface area contributed by atoms with Gasteiger partial charge in [-0.25, -0.2) is 4.79 Å². The van der Waals surface area contributed by atoms with E-state index in [1.54, 1.807) is 12.1 Å². The van der Waals surface area contributed by atoms with Gasteiger partial charge in [-0.05, 0) is 37.0 Å². The summed E-state index contributed by atoms with van der Waals surface area (Å²) in [6.45, 7) is 1.66. The second-order valence-corrected chi connectivity index (χ2v) is 6.09. The van der Waals surface area contributed by atoms with Gasteiger partial charge in [0.15, 0.2) is 0 Å². The number of fused-ring (bicyclic) bond motifs is 1. The number of anilines is 1. The Balaban J connectivity index is 1.76. The van der Waals surface area contributed by atoms with Crippen LogP contribution in [0.1, 0.15) is 29.6 Å². The molecule has 112 valence electrons. The zero-order valence-electron chi connectivity index (χ0n) is 11.5. The molecule has 2 atom stereocenters. The van der Waals surface area contributed by atoms with Crippen LogP contribution in [0.5, 0.6) is 0 Å². The fraction of sp³-hybridized carbons (Fsp3) is 0.467. The Morgan fingerprint density at radius 1 is 1.38 bits per heavy atom. The number of nitrogens with one attached hydrogen (secondary N) is 1. The first kappa shape index (κ1) is 14.2. The summed E-state index contributed by atoms with van der Waals surface area (Å²) in [5.41, 5.74) is 1.07. The van der Waals surface area contributed by atoms with Gasteiger partial charge in [0.05, 0.1) is 16.3 Å². The van der Waals surface area contributed by atoms with Crippen LogP contribution >= 0.6 is 11.6 Å². The number of carboxylic acids is 1. The predicted octanol–water partition coefficient (Wildman–Crippen LogP) is 2.14. The van der Waals surface area contributed by atoms with E-state index in [0.717, 1.165) is 31.6 Å². The maximum Gasteiger partial charge on any atom is 0.335 e. The second kappa shape index (κ2) is 5.56. The van der Waals surface area contributed by atoms with E-state index in [1.807, 2.05) is 0 Å². The van der Waals surface area contributed by atoms with Crippen LogP contribution in [0.2, 0.25) is 5.02 Å². The van der Waals surface area contributed by atoms with Crippen LogP contribution in [0.3, 0.4) is 0 Å². The van der Waals surface area contributed by atoms with Crippen LogP contribution in [0, 0.1) is 5.92 Å². The molecular formula is C15H17ClN2O3. The monoisotopic (exact) mass is 308 g/mol. The summed E-state index contributed by atoms with van der Waals surface area (Å²) in [5, 5.41) is 12.5. The number of aromatic carboxylic acids is 1. The summed E-state index contributed by atoms with van der Waals surface area (Å²) in [6, 6.07) is 5.11. The van der Waals surface area contributed by atoms with Crippen LogP contribution in [0.25, 0.3) is 0 Å². The van der Waals surface area contributed by atoms with E-state index < -0.39 is 5.97 Å². The van der Waals surface area contributed by atoms with Gasteiger partial charge in [0.25, 0.3) is 0 Å². The second-order valence-electron chi connectivity index (χ2n) is 5.68. The van der Waals surface area contributed by atoms with Gasteiger partial charge >= 0.3 is 5.97 Å². The molecule has 2 unspecified atom stereocenters. The van der Waals surface area contributed by atoms with Crippen molar-refractivity contribution in [3.8, 4) is 0 Å². The number of rotatable bonds is 2. The summed E-state index contributed by atoms with van der Waals surface area (Å²) >= 11 is 6.23. The lowest BCUT2D eigenvalue weighted by atomic mass is 9.85. The zero-order chi connectivity index (χ0) is 15.0. The average molecular weight is 309 g/mol. The Morgan fingerprint density at radius 2 is 2.19 bits per heavy atom. The topological polar surface area (TPSA) is 69.6 Å². The highest BCUT2D eigenvalue weighted by Gasteiger charge is 2.34. The molecule has 2 aliphatic heterocycles. The number of hydrogen-bond donors (Lipinski definition) is 2. The molecule has 0 aromatic heterocycles. The predicted molar refractivity (Wildman–Crippen MR) is 79.9 cm³/mol. The first-order valence-corrected chi connectivity index (χ1v) is 7.49. The van der Waals surface area contributed by atoms with Gasteiger partial charge in [-0.1, -0.05) is 11.6 Å². The van der Waals surface area contributed by atoms with Crippen LogP contribution < -0.4 is 10.2 Å². The fourth-order valence-corrected chi connectivity index (χ4v) is 3.53. The van der Waals surface area contributed by atoms with Crippen LogP contribution in [-0.4, -0.2) is 36.1 Å². The van der Waals surface area contributed by atoms with E-state index in [1.165, 1.54) is 6.07 Å². The molecule has 0 spiro atoms. The summed E-state index contributed by atoms with van der Waals surface area (Å²) in [7, 11) is 0. The zero-order valence-corrected chi connectivity index (χ0v) is 12.3. The SMILES string of the molecule is O=C1CCC2CN(c3ccc(C(=O)O)cc3Cl)CCC2N1. The number of carbonyl (C=O) groups is 2. The molecule has 2 heterocycles. The van der Waals surface area contributed by atoms with Gasteiger partial charge in [-0.3, -0.25) is 4.79 Å². The number of piperidine rings is 2. The molecule has 0 aliphatic carbocycles. The Labute approximate surface area is 127 Å². The molecule has 5 nitrogen and oxygen atoms in total. The molecule has 1 aromatic rings. The van der Waals surface area contributed by atoms with Crippen molar-refractivity contribution in [2.75, 3.05) is 18.0 Å². The average Bonchev–Trinajstić information content (AvgIpc) is 2.46. The normalized spacial score (nSPS) is 25.2. The third kappa shape index (κ3) is 2.83. The molecule has 2 saturated heterocycles. The summed E-state index contributed by atoms with van der Waals surface area (Å²) in [4.78, 5) is 24.6. The molecule has 21 heavy (non-hydrogen) atoms. The molecule has 2 fully saturated rings. The highest BCUT2D eigenvalue weighted by Crippen LogP contribution is 2.33. The summed E-state index contributed by atoms with van der Waals surface area (Å²) in [6.07, 6.45) is 2.38. The van der Waals surface area contributed by atoms with Gasteiger partial charge in [0.2, 0.25) is 5.91 Å². The molecule has 0 saturated carbocycles. The third-order valence-electron chi connectivity index (χ3n) is 4.36. The van der Waals surface area contributed by atoms with Crippen molar-refractivity contribution in [2.45, 2.75) is 25.3 Å². The quantitative estimate of drug-likeness (QED) is 0.878. The number of carbonyl (C=O) groups excluding carboxylic acids is 1. The summed E-state index contributed by atoms with van der Waals surface area (Å²) in [5.74, 6) is -0.391. The Kier molecular flexibility index (Phi) is 3.76. The molecule has 0 radical (unpaired) electrons. The van der Waals surface area contributed by atoms with E-state index in [9.17, 15) is 9.59 Å². The van der Waals surface area contributed by atoms with E-state index >= 15 is 0 Å². The number of amides is 1. The molecule has 0 bridgehead atoms. The Morgan fingerprint density at radius 3 is 2.90 bits per heavy atom. The van der Waals surface area contributed by atoms with Gasteiger partial charge in [-0.2, -0.15) is 0 Å². The minimum atomic E-state index is -0.975. The lowest BCUT2D eigenvalue weighted by Gasteiger charge is -2.42. The van der Waals surface area contributed by atoms with Crippen molar-refractivity contribution in [3.63, 3.8) is 0 Å². The van der Waals surface area contributed by atoms with E-state index in [-0.39, 0.29) is 17.5 Å². The van der Waals surface area contributed by atoms with Crippen molar-refractivity contribution in [2.24, 2.45) is 5.92 Å². The lowest BCUT2D eigenvalue weighted by molar-refractivity contribution is -0.124. The van der Waals surface area contributed by atoms with Crippen LogP contribution in [0.15, 0.2) is 18.2 Å². The molecule has 2 aliphatic rings. The fourth-order valence-electron chi connectivity index (χ4n) is 3.23. The maximum absolute atomic E-state index is 11.4. The summed E-state index contributed by atoms with van der Waals surface area (Å²) < 4.78 is 0. The number of nitrogens with zero attached hydrogens (tertiary/aromatic N) is 1. The number of halogens is 1. The van der Waals surface area contributed by atoms with Crippen LogP contribution in [-0.2, 0) is 4.79 Å². The van der Waals surface area contributed by atoms with E-state index in [4.69, 9.17) is 16.7 Å². The minimum absolute atomic E-state index is 0.147. The minimum Gasteiger partial charge on any atom is -0.478 e. The van der Waals surface area contributed by atoms with Crippen molar-refractivity contribution in [1.82, 2.24) is 5.32 Å². The number of carboxylic acid groups (broad SMARTS) is 1. The van der Waals surface area contributed by atoms with Crippen molar-refractivity contribution < 1.29 is 14.7 Å². The lowest BCUT2D eigenvalue weighted by Crippen LogP contribution is -2.54. The largest absolute Gasteiger partial charge is 0.478 e. The van der Waals surface area contributed by atoms with E-state index in [0.29, 0.717) is 17.4 Å². The smallest absolute Gasteiger partial charge is 0.335 e. The standard InChI is InChI=1S/C15H17ClN2O3/c16-11-7-9(15(20)21)1-3-13(11)18-6-5-12-10(8-18)2-4-14(19)17-12/h1,3,7,10,12H,2,4-6,8H2,(H,17,19)(H,20,21). The van der Waals surface area contributed by atoms with Gasteiger partial charge in [0.1, 0.15) is 0 Å². The maximum atomic E-state index is 11.4. The van der Waals surface area contributed by atoms with Gasteiger partial charge < -0.3 is 15.3 Å². The highest BCUT2D eigenvalue weighted by molar-refractivity contribution is 6.33.